The summed E-state index contributed by atoms with van der Waals surface area (Å²) in [5.74, 6) is 0.632. The molecule has 2 aromatic rings. The molecule has 0 saturated heterocycles. The molecule has 0 bridgehead atoms. The van der Waals surface area contributed by atoms with Crippen LogP contribution in [0.1, 0.15) is 37.2 Å². The molecule has 0 aliphatic heterocycles. The Balaban J connectivity index is 2.08. The average Bonchev–Trinajstić information content (AvgIpc) is 2.82. The molecule has 4 heteroatoms. The smallest absolute Gasteiger partial charge is 0.266 e. The number of fused-ring (bicyclic) bond motifs is 1. The number of hydrogen-bond donors (Lipinski definition) is 1. The summed E-state index contributed by atoms with van der Waals surface area (Å²) in [4.78, 5) is 15.4. The second kappa shape index (κ2) is 3.22. The van der Waals surface area contributed by atoms with E-state index in [-0.39, 0.29) is 5.56 Å². The Kier molecular flexibility index (Phi) is 1.87. The van der Waals surface area contributed by atoms with Crippen molar-refractivity contribution in [3.05, 3.63) is 34.4 Å². The molecule has 2 heterocycles. The Hall–Kier alpha value is -1.58. The van der Waals surface area contributed by atoms with Gasteiger partial charge in [-0.3, -0.25) is 9.89 Å². The number of aromatic nitrogens is 3. The highest BCUT2D eigenvalue weighted by Gasteiger charge is 2.17. The minimum Gasteiger partial charge on any atom is -0.268 e. The maximum Gasteiger partial charge on any atom is 0.266 e. The monoisotopic (exact) mass is 203 g/mol. The summed E-state index contributed by atoms with van der Waals surface area (Å²) in [5.41, 5.74) is 1.85. The van der Waals surface area contributed by atoms with Crippen LogP contribution in [0.4, 0.5) is 0 Å². The molecule has 0 spiro atoms. The second-order valence-electron chi connectivity index (χ2n) is 4.22. The summed E-state index contributed by atoms with van der Waals surface area (Å²) in [6.07, 6.45) is 9.02. The summed E-state index contributed by atoms with van der Waals surface area (Å²) in [6.45, 7) is 0. The van der Waals surface area contributed by atoms with Gasteiger partial charge in [0, 0.05) is 18.5 Å². The van der Waals surface area contributed by atoms with Crippen molar-refractivity contribution in [1.82, 2.24) is 14.6 Å². The van der Waals surface area contributed by atoms with Gasteiger partial charge in [-0.15, -0.1) is 0 Å². The van der Waals surface area contributed by atoms with Crippen LogP contribution in [0.2, 0.25) is 0 Å². The normalized spacial score (nSPS) is 17.6. The van der Waals surface area contributed by atoms with Gasteiger partial charge < -0.3 is 0 Å². The lowest BCUT2D eigenvalue weighted by Gasteiger charge is -2.08. The first-order valence-corrected chi connectivity index (χ1v) is 5.40. The van der Waals surface area contributed by atoms with Crippen molar-refractivity contribution >= 4 is 5.65 Å². The molecule has 1 N–H and O–H groups in total. The SMILES string of the molecule is O=c1cc2ncc(C3CCCC3)cn2[nH]1. The van der Waals surface area contributed by atoms with Crippen LogP contribution < -0.4 is 5.56 Å². The van der Waals surface area contributed by atoms with E-state index in [0.717, 1.165) is 0 Å². The summed E-state index contributed by atoms with van der Waals surface area (Å²) in [7, 11) is 0. The van der Waals surface area contributed by atoms with E-state index < -0.39 is 0 Å². The standard InChI is InChI=1S/C11H13N3O/c15-11-5-10-12-6-9(7-14(10)13-11)8-3-1-2-4-8/h5-8H,1-4H2,(H,13,15). The van der Waals surface area contributed by atoms with Crippen LogP contribution in [0.25, 0.3) is 5.65 Å². The molecule has 0 unspecified atom stereocenters. The maximum absolute atomic E-state index is 11.1. The summed E-state index contributed by atoms with van der Waals surface area (Å²) >= 11 is 0. The van der Waals surface area contributed by atoms with Gasteiger partial charge in [0.25, 0.3) is 5.56 Å². The number of aromatic amines is 1. The molecule has 1 saturated carbocycles. The van der Waals surface area contributed by atoms with E-state index in [1.807, 2.05) is 12.4 Å². The number of nitrogens with one attached hydrogen (secondary N) is 1. The third-order valence-corrected chi connectivity index (χ3v) is 3.19. The zero-order valence-electron chi connectivity index (χ0n) is 8.44. The van der Waals surface area contributed by atoms with Gasteiger partial charge in [0.2, 0.25) is 0 Å². The molecule has 0 atom stereocenters. The van der Waals surface area contributed by atoms with Gasteiger partial charge in [-0.2, -0.15) is 0 Å². The van der Waals surface area contributed by atoms with Crippen LogP contribution in [0.3, 0.4) is 0 Å². The van der Waals surface area contributed by atoms with Gasteiger partial charge in [-0.05, 0) is 24.3 Å². The van der Waals surface area contributed by atoms with Gasteiger partial charge >= 0.3 is 0 Å². The Morgan fingerprint density at radius 3 is 3.00 bits per heavy atom. The van der Waals surface area contributed by atoms with Crippen molar-refractivity contribution < 1.29 is 0 Å². The molecule has 3 rings (SSSR count). The van der Waals surface area contributed by atoms with Gasteiger partial charge in [0.1, 0.15) is 0 Å². The Bertz CT molecular complexity index is 534. The van der Waals surface area contributed by atoms with Crippen LogP contribution >= 0.6 is 0 Å². The highest BCUT2D eigenvalue weighted by Crippen LogP contribution is 2.33. The Morgan fingerprint density at radius 1 is 1.40 bits per heavy atom. The van der Waals surface area contributed by atoms with E-state index in [9.17, 15) is 4.79 Å². The first-order valence-electron chi connectivity index (χ1n) is 5.40. The predicted octanol–water partition coefficient (Wildman–Crippen LogP) is 1.68. The molecule has 0 amide bonds. The quantitative estimate of drug-likeness (QED) is 0.766. The van der Waals surface area contributed by atoms with E-state index in [0.29, 0.717) is 11.6 Å². The van der Waals surface area contributed by atoms with Crippen LogP contribution in [0.15, 0.2) is 23.3 Å². The van der Waals surface area contributed by atoms with Crippen LogP contribution in [0.5, 0.6) is 0 Å². The van der Waals surface area contributed by atoms with E-state index in [1.165, 1.54) is 37.3 Å². The van der Waals surface area contributed by atoms with Crippen LogP contribution in [-0.2, 0) is 0 Å². The summed E-state index contributed by atoms with van der Waals surface area (Å²) in [5, 5.41) is 2.72. The van der Waals surface area contributed by atoms with E-state index in [2.05, 4.69) is 10.1 Å². The van der Waals surface area contributed by atoms with Gasteiger partial charge in [0.15, 0.2) is 5.65 Å². The molecule has 78 valence electrons. The molecule has 15 heavy (non-hydrogen) atoms. The lowest BCUT2D eigenvalue weighted by atomic mass is 10.0. The lowest BCUT2D eigenvalue weighted by molar-refractivity contribution is 0.707. The molecular weight excluding hydrogens is 190 g/mol. The topological polar surface area (TPSA) is 50.2 Å². The van der Waals surface area contributed by atoms with E-state index in [4.69, 9.17) is 0 Å². The number of nitrogens with zero attached hydrogens (tertiary/aromatic N) is 2. The first kappa shape index (κ1) is 8.71. The van der Waals surface area contributed by atoms with Crippen molar-refractivity contribution in [2.75, 3.05) is 0 Å². The molecule has 0 radical (unpaired) electrons. The highest BCUT2D eigenvalue weighted by atomic mass is 16.1. The fraction of sp³-hybridized carbons (Fsp3) is 0.455. The van der Waals surface area contributed by atoms with Crippen molar-refractivity contribution in [2.45, 2.75) is 31.6 Å². The zero-order chi connectivity index (χ0) is 10.3. The predicted molar refractivity (Wildman–Crippen MR) is 57.0 cm³/mol. The van der Waals surface area contributed by atoms with Gasteiger partial charge in [0.05, 0.1) is 0 Å². The van der Waals surface area contributed by atoms with Crippen molar-refractivity contribution in [2.24, 2.45) is 0 Å². The molecule has 0 aromatic carbocycles. The van der Waals surface area contributed by atoms with Crippen molar-refractivity contribution in [3.63, 3.8) is 0 Å². The molecule has 4 nitrogen and oxygen atoms in total. The second-order valence-corrected chi connectivity index (χ2v) is 4.22. The molecule has 1 aliphatic carbocycles. The van der Waals surface area contributed by atoms with Crippen molar-refractivity contribution in [3.8, 4) is 0 Å². The highest BCUT2D eigenvalue weighted by molar-refractivity contribution is 5.36. The average molecular weight is 203 g/mol. The Morgan fingerprint density at radius 2 is 2.20 bits per heavy atom. The van der Waals surface area contributed by atoms with Crippen molar-refractivity contribution in [1.29, 1.82) is 0 Å². The first-order chi connectivity index (χ1) is 7.33. The van der Waals surface area contributed by atoms with E-state index in [1.54, 1.807) is 4.52 Å². The molecule has 2 aromatic heterocycles. The fourth-order valence-corrected chi connectivity index (χ4v) is 2.39. The summed E-state index contributed by atoms with van der Waals surface area (Å²) in [6, 6.07) is 1.51. The van der Waals surface area contributed by atoms with Crippen LogP contribution in [0, 0.1) is 0 Å². The summed E-state index contributed by atoms with van der Waals surface area (Å²) < 4.78 is 1.72. The fourth-order valence-electron chi connectivity index (χ4n) is 2.39. The number of rotatable bonds is 1. The molecule has 1 aliphatic rings. The zero-order valence-corrected chi connectivity index (χ0v) is 8.44. The molecule has 1 fully saturated rings. The minimum absolute atomic E-state index is 0.0916. The van der Waals surface area contributed by atoms with Gasteiger partial charge in [-0.1, -0.05) is 12.8 Å². The third-order valence-electron chi connectivity index (χ3n) is 3.19. The maximum atomic E-state index is 11.1. The number of hydrogen-bond acceptors (Lipinski definition) is 2. The Labute approximate surface area is 86.9 Å². The third kappa shape index (κ3) is 1.46. The van der Waals surface area contributed by atoms with Crippen LogP contribution in [-0.4, -0.2) is 14.6 Å². The molecular formula is C11H13N3O. The van der Waals surface area contributed by atoms with Gasteiger partial charge in [-0.25, -0.2) is 9.50 Å². The minimum atomic E-state index is -0.0916. The van der Waals surface area contributed by atoms with E-state index >= 15 is 0 Å². The number of H-pyrrole nitrogens is 1. The largest absolute Gasteiger partial charge is 0.268 e. The lowest BCUT2D eigenvalue weighted by Crippen LogP contribution is -2.01.